The molecule has 2 amide bonds. The van der Waals surface area contributed by atoms with Crippen molar-refractivity contribution >= 4 is 23.8 Å². The van der Waals surface area contributed by atoms with Crippen LogP contribution in [0.15, 0.2) is 103 Å². The molecule has 64 heavy (non-hydrogen) atoms. The van der Waals surface area contributed by atoms with Crippen LogP contribution in [0.3, 0.4) is 0 Å². The molecule has 342 valence electrons. The minimum absolute atomic E-state index is 0.111. The molecule has 0 spiro atoms. The van der Waals surface area contributed by atoms with Gasteiger partial charge in [-0.1, -0.05) is 72.8 Å². The first kappa shape index (κ1) is 47.8. The number of amides is 2. The Morgan fingerprint density at radius 2 is 1.59 bits per heavy atom. The van der Waals surface area contributed by atoms with E-state index in [1.54, 1.807) is 18.3 Å². The zero-order valence-corrected chi connectivity index (χ0v) is 37.2. The van der Waals surface area contributed by atoms with Crippen LogP contribution >= 0.6 is 0 Å². The highest BCUT2D eigenvalue weighted by Crippen LogP contribution is 2.34. The van der Waals surface area contributed by atoms with Crippen molar-refractivity contribution in [2.75, 3.05) is 32.7 Å². The zero-order chi connectivity index (χ0) is 45.6. The maximum absolute atomic E-state index is 14.5. The number of carboxylic acid groups (broad SMARTS) is 1. The molecule has 0 bridgehead atoms. The predicted molar refractivity (Wildman–Crippen MR) is 243 cm³/mol. The van der Waals surface area contributed by atoms with Crippen LogP contribution in [0.5, 0.6) is 5.75 Å². The van der Waals surface area contributed by atoms with Crippen molar-refractivity contribution in [1.82, 2.24) is 30.7 Å². The second kappa shape index (κ2) is 22.8. The van der Waals surface area contributed by atoms with E-state index < -0.39 is 53.7 Å². The normalized spacial score (nSPS) is 19.2. The van der Waals surface area contributed by atoms with Crippen molar-refractivity contribution in [1.29, 1.82) is 0 Å². The number of β-amino-alcohol motifs (C(OH)–C–C–N with tert-alkyl or cyclic N) is 1. The summed E-state index contributed by atoms with van der Waals surface area (Å²) in [5, 5.41) is 40.5. The number of esters is 1. The van der Waals surface area contributed by atoms with Gasteiger partial charge >= 0.3 is 11.9 Å². The molecule has 6 rings (SSSR count). The number of fused-ring (bicyclic) bond motifs is 1. The standard InChI is InChI=1S/C50H64N6O8/c1-50(2,3)54-48(61)43-33-55(31-36-14-11-22-51-30-36)24-25-56(43)32-40(58)28-38(26-34-12-5-4-6-13-34)47(60)53-46-41-16-8-7-15-37(41)29-44(46)64-45(59)17-9-10-23-52-42(49(62)63)27-35-18-20-39(57)21-19-35/h4-8,11-16,18-22,30,38,40,42-44,46,52,57-58H,9-10,17,23-29,31-33H2,1-3H3,(H,53,60)(H,54,61)(H,62,63)/t38-,40-,42-,43-,44+,46-/m0/s1. The molecule has 1 aromatic heterocycles. The fraction of sp³-hybridized carbons (Fsp3) is 0.460. The topological polar surface area (TPSA) is 194 Å². The number of aliphatic hydroxyl groups excluding tert-OH is 1. The van der Waals surface area contributed by atoms with E-state index in [9.17, 15) is 34.5 Å². The first-order valence-corrected chi connectivity index (χ1v) is 22.4. The van der Waals surface area contributed by atoms with Gasteiger partial charge in [-0.3, -0.25) is 34.0 Å². The van der Waals surface area contributed by atoms with Crippen molar-refractivity contribution in [3.63, 3.8) is 0 Å². The maximum atomic E-state index is 14.5. The highest BCUT2D eigenvalue weighted by molar-refractivity contribution is 5.83. The lowest BCUT2D eigenvalue weighted by Gasteiger charge is -2.42. The number of carbonyl (C=O) groups excluding carboxylic acids is 3. The van der Waals surface area contributed by atoms with E-state index in [1.165, 1.54) is 12.1 Å². The van der Waals surface area contributed by atoms with Gasteiger partial charge in [-0.15, -0.1) is 0 Å². The summed E-state index contributed by atoms with van der Waals surface area (Å²) < 4.78 is 6.07. The van der Waals surface area contributed by atoms with Crippen LogP contribution in [-0.2, 0) is 49.7 Å². The van der Waals surface area contributed by atoms with Gasteiger partial charge in [-0.2, -0.15) is 0 Å². The Kier molecular flexibility index (Phi) is 17.0. The van der Waals surface area contributed by atoms with Gasteiger partial charge in [-0.05, 0) is 105 Å². The summed E-state index contributed by atoms with van der Waals surface area (Å²) in [6.07, 6.45) is 4.37. The Bertz CT molecular complexity index is 2130. The summed E-state index contributed by atoms with van der Waals surface area (Å²) >= 11 is 0. The smallest absolute Gasteiger partial charge is 0.321 e. The molecule has 0 radical (unpaired) electrons. The minimum atomic E-state index is -0.984. The van der Waals surface area contributed by atoms with Crippen LogP contribution in [0.1, 0.15) is 80.3 Å². The molecule has 0 saturated carbocycles. The number of phenols is 1. The van der Waals surface area contributed by atoms with Gasteiger partial charge in [0.05, 0.1) is 12.1 Å². The average molecular weight is 877 g/mol. The maximum Gasteiger partial charge on any atom is 0.321 e. The summed E-state index contributed by atoms with van der Waals surface area (Å²) in [6.45, 7) is 8.82. The molecule has 2 aliphatic rings. The third kappa shape index (κ3) is 14.4. The number of aliphatic carboxylic acids is 1. The minimum Gasteiger partial charge on any atom is -0.508 e. The van der Waals surface area contributed by atoms with Gasteiger partial charge in [-0.25, -0.2) is 0 Å². The summed E-state index contributed by atoms with van der Waals surface area (Å²) in [5.41, 5.74) is 4.19. The fourth-order valence-corrected chi connectivity index (χ4v) is 8.67. The Morgan fingerprint density at radius 1 is 0.875 bits per heavy atom. The Balaban J connectivity index is 1.08. The van der Waals surface area contributed by atoms with Gasteiger partial charge < -0.3 is 36.0 Å². The highest BCUT2D eigenvalue weighted by Gasteiger charge is 2.39. The number of nitrogens with zero attached hydrogens (tertiary/aromatic N) is 3. The Hall–Kier alpha value is -5.67. The average Bonchev–Trinajstić information content (AvgIpc) is 3.59. The SMILES string of the molecule is CC(C)(C)NC(=O)[C@@H]1CN(Cc2cccnc2)CCN1C[C@@H](O)C[C@H](Cc1ccccc1)C(=O)N[C@H]1c2ccccc2C[C@H]1OC(=O)CCCCN[C@@H](Cc1ccc(O)cc1)C(=O)O. The number of benzene rings is 3. The van der Waals surface area contributed by atoms with Crippen LogP contribution < -0.4 is 16.0 Å². The molecule has 6 N–H and O–H groups in total. The van der Waals surface area contributed by atoms with Crippen LogP contribution in [-0.4, -0.2) is 116 Å². The molecule has 6 atom stereocenters. The fourth-order valence-electron chi connectivity index (χ4n) is 8.67. The van der Waals surface area contributed by atoms with E-state index in [-0.39, 0.29) is 43.4 Å². The summed E-state index contributed by atoms with van der Waals surface area (Å²) in [5.74, 6) is -2.28. The number of hydrogen-bond donors (Lipinski definition) is 6. The number of nitrogens with one attached hydrogen (secondary N) is 3. The van der Waals surface area contributed by atoms with Crippen LogP contribution in [0, 0.1) is 5.92 Å². The van der Waals surface area contributed by atoms with Crippen LogP contribution in [0.25, 0.3) is 0 Å². The molecule has 4 aromatic rings. The number of carboxylic acids is 1. The lowest BCUT2D eigenvalue weighted by Crippen LogP contribution is -2.61. The second-order valence-electron chi connectivity index (χ2n) is 18.2. The molecular weight excluding hydrogens is 813 g/mol. The number of pyridine rings is 1. The first-order chi connectivity index (χ1) is 30.7. The van der Waals surface area contributed by atoms with Crippen molar-refractivity contribution in [2.24, 2.45) is 5.92 Å². The van der Waals surface area contributed by atoms with Gasteiger partial charge in [0.15, 0.2) is 0 Å². The Labute approximate surface area is 376 Å². The van der Waals surface area contributed by atoms with Crippen molar-refractivity contribution in [3.05, 3.63) is 131 Å². The van der Waals surface area contributed by atoms with E-state index in [0.29, 0.717) is 58.4 Å². The number of aromatic hydroxyl groups is 1. The lowest BCUT2D eigenvalue weighted by atomic mass is 9.91. The van der Waals surface area contributed by atoms with Crippen LogP contribution in [0.4, 0.5) is 0 Å². The number of aliphatic hydroxyl groups is 1. The molecule has 1 saturated heterocycles. The molecule has 0 unspecified atom stereocenters. The zero-order valence-electron chi connectivity index (χ0n) is 37.2. The van der Waals surface area contributed by atoms with E-state index in [4.69, 9.17) is 4.74 Å². The number of carbonyl (C=O) groups is 4. The van der Waals surface area contributed by atoms with Crippen LogP contribution in [0.2, 0.25) is 0 Å². The molecule has 3 aromatic carbocycles. The quantitative estimate of drug-likeness (QED) is 0.0505. The molecule has 2 heterocycles. The van der Waals surface area contributed by atoms with Gasteiger partial charge in [0.1, 0.15) is 23.9 Å². The van der Waals surface area contributed by atoms with E-state index in [0.717, 1.165) is 27.8 Å². The number of rotatable bonds is 21. The summed E-state index contributed by atoms with van der Waals surface area (Å²) in [4.78, 5) is 61.9. The number of hydrogen-bond acceptors (Lipinski definition) is 11. The monoisotopic (exact) mass is 876 g/mol. The Morgan fingerprint density at radius 3 is 2.31 bits per heavy atom. The van der Waals surface area contributed by atoms with Gasteiger partial charge in [0, 0.05) is 69.4 Å². The molecule has 14 nitrogen and oxygen atoms in total. The molecule has 1 aliphatic carbocycles. The van der Waals surface area contributed by atoms with E-state index in [1.807, 2.05) is 98.6 Å². The first-order valence-electron chi connectivity index (χ1n) is 22.4. The lowest BCUT2D eigenvalue weighted by molar-refractivity contribution is -0.151. The third-order valence-corrected chi connectivity index (χ3v) is 11.8. The van der Waals surface area contributed by atoms with Gasteiger partial charge in [0.2, 0.25) is 11.8 Å². The highest BCUT2D eigenvalue weighted by atomic mass is 16.5. The summed E-state index contributed by atoms with van der Waals surface area (Å²) in [7, 11) is 0. The molecule has 1 fully saturated rings. The largest absolute Gasteiger partial charge is 0.508 e. The molecule has 14 heteroatoms. The van der Waals surface area contributed by atoms with E-state index in [2.05, 4.69) is 25.8 Å². The van der Waals surface area contributed by atoms with E-state index >= 15 is 0 Å². The summed E-state index contributed by atoms with van der Waals surface area (Å²) in [6, 6.07) is 25.8. The number of ether oxygens (including phenoxy) is 1. The van der Waals surface area contributed by atoms with Crippen molar-refractivity contribution in [2.45, 2.75) is 108 Å². The number of unbranched alkanes of at least 4 members (excludes halogenated alkanes) is 1. The number of phenolic OH excluding ortho intramolecular Hbond substituents is 1. The molecule has 1 aliphatic heterocycles. The predicted octanol–water partition coefficient (Wildman–Crippen LogP) is 4.58. The second-order valence-corrected chi connectivity index (χ2v) is 18.2. The van der Waals surface area contributed by atoms with Crippen molar-refractivity contribution < 1.29 is 39.2 Å². The number of aromatic nitrogens is 1. The molecular formula is C50H64N6O8. The van der Waals surface area contributed by atoms with Gasteiger partial charge in [0.25, 0.3) is 0 Å². The van der Waals surface area contributed by atoms with Crippen molar-refractivity contribution in [3.8, 4) is 5.75 Å². The number of piperazine rings is 1. The third-order valence-electron chi connectivity index (χ3n) is 11.8.